The van der Waals surface area contributed by atoms with Crippen molar-refractivity contribution in [1.82, 2.24) is 5.32 Å². The van der Waals surface area contributed by atoms with E-state index < -0.39 is 0 Å². The minimum Gasteiger partial charge on any atom is -0.497 e. The fourth-order valence-electron chi connectivity index (χ4n) is 5.36. The van der Waals surface area contributed by atoms with Gasteiger partial charge >= 0.3 is 0 Å². The van der Waals surface area contributed by atoms with Crippen LogP contribution in [0.1, 0.15) is 37.7 Å². The second-order valence-corrected chi connectivity index (χ2v) is 7.95. The van der Waals surface area contributed by atoms with Crippen LogP contribution < -0.4 is 10.1 Å². The van der Waals surface area contributed by atoms with Crippen molar-refractivity contribution < 1.29 is 4.74 Å². The summed E-state index contributed by atoms with van der Waals surface area (Å²) in [5, 5.41) is 3.85. The molecule has 5 atom stereocenters. The molecule has 0 amide bonds. The molecule has 3 fully saturated rings. The van der Waals surface area contributed by atoms with E-state index in [-0.39, 0.29) is 0 Å². The second-order valence-electron chi connectivity index (χ2n) is 7.10. The van der Waals surface area contributed by atoms with Crippen molar-refractivity contribution in [3.63, 3.8) is 0 Å². The molecule has 0 saturated heterocycles. The number of benzene rings is 1. The van der Waals surface area contributed by atoms with Gasteiger partial charge in [-0.15, -0.1) is 0 Å². The Morgan fingerprint density at radius 3 is 2.90 bits per heavy atom. The van der Waals surface area contributed by atoms with Crippen molar-refractivity contribution in [3.05, 3.63) is 28.2 Å². The smallest absolute Gasteiger partial charge is 0.119 e. The molecule has 0 heterocycles. The highest BCUT2D eigenvalue weighted by molar-refractivity contribution is 9.10. The minimum absolute atomic E-state index is 0.743. The van der Waals surface area contributed by atoms with Crippen LogP contribution in [0.5, 0.6) is 5.75 Å². The Balaban J connectivity index is 1.42. The molecule has 3 heteroatoms. The average molecular weight is 350 g/mol. The van der Waals surface area contributed by atoms with E-state index in [1.165, 1.54) is 42.1 Å². The third-order valence-corrected chi connectivity index (χ3v) is 7.01. The van der Waals surface area contributed by atoms with E-state index in [1.807, 2.05) is 6.07 Å². The van der Waals surface area contributed by atoms with Crippen molar-refractivity contribution in [1.29, 1.82) is 0 Å². The molecule has 114 valence electrons. The van der Waals surface area contributed by atoms with Gasteiger partial charge in [-0.25, -0.2) is 0 Å². The Morgan fingerprint density at radius 2 is 2.05 bits per heavy atom. The summed E-state index contributed by atoms with van der Waals surface area (Å²) in [7, 11) is 1.73. The molecule has 4 rings (SSSR count). The Labute approximate surface area is 135 Å². The number of rotatable bonds is 4. The van der Waals surface area contributed by atoms with Gasteiger partial charge in [-0.05, 0) is 73.1 Å². The summed E-state index contributed by atoms with van der Waals surface area (Å²) in [6.07, 6.45) is 7.39. The summed E-state index contributed by atoms with van der Waals surface area (Å²) in [6, 6.07) is 6.98. The molecule has 2 nitrogen and oxygen atoms in total. The van der Waals surface area contributed by atoms with Crippen LogP contribution in [-0.2, 0) is 6.54 Å². The lowest BCUT2D eigenvalue weighted by Crippen LogP contribution is -2.38. The van der Waals surface area contributed by atoms with Gasteiger partial charge in [0.25, 0.3) is 0 Å². The summed E-state index contributed by atoms with van der Waals surface area (Å²) in [5.41, 5.74) is 1.31. The minimum atomic E-state index is 0.743. The van der Waals surface area contributed by atoms with Gasteiger partial charge < -0.3 is 10.1 Å². The van der Waals surface area contributed by atoms with Crippen LogP contribution in [-0.4, -0.2) is 13.2 Å². The van der Waals surface area contributed by atoms with E-state index in [1.54, 1.807) is 7.11 Å². The molecule has 0 aliphatic heterocycles. The molecule has 0 spiro atoms. The number of hydrogen-bond donors (Lipinski definition) is 1. The highest BCUT2D eigenvalue weighted by Crippen LogP contribution is 2.58. The molecular formula is C18H24BrNO. The summed E-state index contributed by atoms with van der Waals surface area (Å²) in [5.74, 6) is 5.03. The van der Waals surface area contributed by atoms with Gasteiger partial charge in [-0.1, -0.05) is 22.4 Å². The predicted molar refractivity (Wildman–Crippen MR) is 88.4 cm³/mol. The van der Waals surface area contributed by atoms with Crippen LogP contribution in [0.15, 0.2) is 22.7 Å². The molecule has 0 radical (unpaired) electrons. The SMILES string of the molecule is COc1ccc(Br)c(CNC2CC3CC2C2CCCC32)c1. The normalized spacial score (nSPS) is 37.0. The molecule has 5 unspecified atom stereocenters. The first-order valence-electron chi connectivity index (χ1n) is 8.32. The number of hydrogen-bond acceptors (Lipinski definition) is 2. The summed E-state index contributed by atoms with van der Waals surface area (Å²) < 4.78 is 6.52. The number of halogens is 1. The van der Waals surface area contributed by atoms with Gasteiger partial charge in [-0.2, -0.15) is 0 Å². The van der Waals surface area contributed by atoms with Gasteiger partial charge in [0.2, 0.25) is 0 Å². The van der Waals surface area contributed by atoms with Crippen molar-refractivity contribution in [3.8, 4) is 5.75 Å². The van der Waals surface area contributed by atoms with Gasteiger partial charge in [-0.3, -0.25) is 0 Å². The van der Waals surface area contributed by atoms with Crippen LogP contribution in [0, 0.1) is 23.7 Å². The summed E-state index contributed by atoms with van der Waals surface area (Å²) >= 11 is 3.66. The van der Waals surface area contributed by atoms with E-state index >= 15 is 0 Å². The van der Waals surface area contributed by atoms with Crippen LogP contribution in [0.25, 0.3) is 0 Å². The maximum atomic E-state index is 5.34. The lowest BCUT2D eigenvalue weighted by Gasteiger charge is -2.32. The van der Waals surface area contributed by atoms with Crippen molar-refractivity contribution in [2.75, 3.05) is 7.11 Å². The van der Waals surface area contributed by atoms with Crippen LogP contribution >= 0.6 is 15.9 Å². The van der Waals surface area contributed by atoms with Gasteiger partial charge in [0.1, 0.15) is 5.75 Å². The Kier molecular flexibility index (Phi) is 3.74. The third-order valence-electron chi connectivity index (χ3n) is 6.24. The molecule has 1 aromatic carbocycles. The standard InChI is InChI=1S/C18H24BrNO/c1-21-13-5-6-17(19)12(7-13)10-20-18-9-11-8-16(18)15-4-2-3-14(11)15/h5-7,11,14-16,18,20H,2-4,8-10H2,1H3. The third kappa shape index (κ3) is 2.43. The van der Waals surface area contributed by atoms with E-state index in [2.05, 4.69) is 33.4 Å². The number of ether oxygens (including phenoxy) is 1. The predicted octanol–water partition coefficient (Wildman–Crippen LogP) is 4.37. The number of methoxy groups -OCH3 is 1. The van der Waals surface area contributed by atoms with E-state index in [9.17, 15) is 0 Å². The van der Waals surface area contributed by atoms with Crippen molar-refractivity contribution >= 4 is 15.9 Å². The second kappa shape index (κ2) is 5.58. The van der Waals surface area contributed by atoms with Crippen LogP contribution in [0.4, 0.5) is 0 Å². The maximum Gasteiger partial charge on any atom is 0.119 e. The zero-order valence-electron chi connectivity index (χ0n) is 12.6. The first-order chi connectivity index (χ1) is 10.3. The maximum absolute atomic E-state index is 5.34. The zero-order chi connectivity index (χ0) is 14.4. The van der Waals surface area contributed by atoms with Gasteiger partial charge in [0.05, 0.1) is 7.11 Å². The first kappa shape index (κ1) is 14.1. The molecule has 1 N–H and O–H groups in total. The van der Waals surface area contributed by atoms with Crippen molar-refractivity contribution in [2.24, 2.45) is 23.7 Å². The quantitative estimate of drug-likeness (QED) is 0.871. The Hall–Kier alpha value is -0.540. The van der Waals surface area contributed by atoms with Crippen LogP contribution in [0.3, 0.4) is 0 Å². The van der Waals surface area contributed by atoms with Gasteiger partial charge in [0, 0.05) is 17.1 Å². The molecule has 21 heavy (non-hydrogen) atoms. The highest BCUT2D eigenvalue weighted by Gasteiger charge is 2.53. The lowest BCUT2D eigenvalue weighted by molar-refractivity contribution is 0.208. The highest BCUT2D eigenvalue weighted by atomic mass is 79.9. The molecule has 2 bridgehead atoms. The van der Waals surface area contributed by atoms with E-state index in [4.69, 9.17) is 4.74 Å². The fraction of sp³-hybridized carbons (Fsp3) is 0.667. The summed E-state index contributed by atoms with van der Waals surface area (Å²) in [4.78, 5) is 0. The zero-order valence-corrected chi connectivity index (χ0v) is 14.2. The fourth-order valence-corrected chi connectivity index (χ4v) is 5.74. The van der Waals surface area contributed by atoms with Gasteiger partial charge in [0.15, 0.2) is 0 Å². The average Bonchev–Trinajstić information content (AvgIpc) is 3.18. The molecule has 3 saturated carbocycles. The molecule has 3 aliphatic rings. The molecular weight excluding hydrogens is 326 g/mol. The summed E-state index contributed by atoms with van der Waals surface area (Å²) in [6.45, 7) is 0.947. The first-order valence-corrected chi connectivity index (χ1v) is 9.11. The lowest BCUT2D eigenvalue weighted by atomic mass is 9.79. The number of fused-ring (bicyclic) bond motifs is 5. The monoisotopic (exact) mass is 349 g/mol. The van der Waals surface area contributed by atoms with E-state index in [0.29, 0.717) is 0 Å². The van der Waals surface area contributed by atoms with Crippen molar-refractivity contribution in [2.45, 2.75) is 44.7 Å². The molecule has 3 aliphatic carbocycles. The topological polar surface area (TPSA) is 21.3 Å². The Morgan fingerprint density at radius 1 is 1.19 bits per heavy atom. The largest absolute Gasteiger partial charge is 0.497 e. The van der Waals surface area contributed by atoms with Crippen LogP contribution in [0.2, 0.25) is 0 Å². The number of nitrogens with one attached hydrogen (secondary N) is 1. The van der Waals surface area contributed by atoms with E-state index in [0.717, 1.165) is 42.0 Å². The Bertz CT molecular complexity index is 532. The molecule has 1 aromatic rings. The molecule has 0 aromatic heterocycles.